The van der Waals surface area contributed by atoms with Gasteiger partial charge in [0.1, 0.15) is 6.04 Å². The number of nitrogens with one attached hydrogen (secondary N) is 4. The summed E-state index contributed by atoms with van der Waals surface area (Å²) in [5.74, 6) is -2.41. The van der Waals surface area contributed by atoms with Crippen molar-refractivity contribution in [1.29, 1.82) is 0 Å². The molecule has 1 atom stereocenters. The van der Waals surface area contributed by atoms with Crippen molar-refractivity contribution in [3.05, 3.63) is 12.7 Å². The van der Waals surface area contributed by atoms with Crippen molar-refractivity contribution in [2.45, 2.75) is 76.3 Å². The highest BCUT2D eigenvalue weighted by Gasteiger charge is 2.34. The maximum Gasteiger partial charge on any atom is 0.315 e. The van der Waals surface area contributed by atoms with Gasteiger partial charge in [-0.3, -0.25) is 19.2 Å². The van der Waals surface area contributed by atoms with Gasteiger partial charge in [-0.1, -0.05) is 32.3 Å². The van der Waals surface area contributed by atoms with Crippen molar-refractivity contribution in [3.8, 4) is 0 Å². The van der Waals surface area contributed by atoms with Gasteiger partial charge in [-0.15, -0.1) is 6.58 Å². The van der Waals surface area contributed by atoms with Crippen LogP contribution in [0.15, 0.2) is 12.7 Å². The number of urea groups is 1. The maximum absolute atomic E-state index is 12.8. The molecule has 1 unspecified atom stereocenters. The van der Waals surface area contributed by atoms with E-state index in [4.69, 9.17) is 0 Å². The molecule has 1 aliphatic carbocycles. The molecule has 33 heavy (non-hydrogen) atoms. The molecule has 0 aromatic rings. The quantitative estimate of drug-likeness (QED) is 0.280. The SMILES string of the molecule is C=CCNC(=O)C(=O)CNC(=O)C1CCCCN1C(=O)CNC(=O)NC1(CC)CCCCC1. The number of hydrogen-bond donors (Lipinski definition) is 4. The average molecular weight is 464 g/mol. The lowest BCUT2D eigenvalue weighted by Gasteiger charge is -2.37. The molecule has 0 aromatic heterocycles. The average Bonchev–Trinajstić information content (AvgIpc) is 2.84. The predicted octanol–water partition coefficient (Wildman–Crippen LogP) is 0.767. The van der Waals surface area contributed by atoms with E-state index in [0.717, 1.165) is 44.9 Å². The van der Waals surface area contributed by atoms with Crippen LogP contribution in [0.1, 0.15) is 64.7 Å². The molecule has 4 N–H and O–H groups in total. The third-order valence-corrected chi connectivity index (χ3v) is 6.48. The van der Waals surface area contributed by atoms with Crippen LogP contribution in [0.25, 0.3) is 0 Å². The molecule has 2 aliphatic rings. The summed E-state index contributed by atoms with van der Waals surface area (Å²) < 4.78 is 0. The summed E-state index contributed by atoms with van der Waals surface area (Å²) in [6, 6.07) is -1.11. The topological polar surface area (TPSA) is 137 Å². The predicted molar refractivity (Wildman–Crippen MR) is 123 cm³/mol. The molecular formula is C23H37N5O5. The van der Waals surface area contributed by atoms with Gasteiger partial charge < -0.3 is 26.2 Å². The van der Waals surface area contributed by atoms with Crippen LogP contribution in [0.2, 0.25) is 0 Å². The second-order valence-electron chi connectivity index (χ2n) is 8.74. The molecule has 1 saturated heterocycles. The zero-order valence-electron chi connectivity index (χ0n) is 19.5. The fourth-order valence-corrected chi connectivity index (χ4v) is 4.47. The molecule has 2 rings (SSSR count). The first-order valence-electron chi connectivity index (χ1n) is 11.9. The Kier molecular flexibility index (Phi) is 10.3. The van der Waals surface area contributed by atoms with Gasteiger partial charge in [-0.25, -0.2) is 4.79 Å². The summed E-state index contributed by atoms with van der Waals surface area (Å²) in [4.78, 5) is 62.8. The first kappa shape index (κ1) is 26.3. The minimum absolute atomic E-state index is 0.156. The third kappa shape index (κ3) is 7.87. The molecular weight excluding hydrogens is 426 g/mol. The van der Waals surface area contributed by atoms with Crippen molar-refractivity contribution < 1.29 is 24.0 Å². The summed E-state index contributed by atoms with van der Waals surface area (Å²) in [5.41, 5.74) is -0.219. The highest BCUT2D eigenvalue weighted by atomic mass is 16.2. The van der Waals surface area contributed by atoms with Gasteiger partial charge in [0.2, 0.25) is 17.6 Å². The molecule has 5 amide bonds. The van der Waals surface area contributed by atoms with Crippen molar-refractivity contribution in [2.24, 2.45) is 0 Å². The maximum atomic E-state index is 12.8. The lowest BCUT2D eigenvalue weighted by atomic mass is 9.80. The van der Waals surface area contributed by atoms with Crippen LogP contribution >= 0.6 is 0 Å². The van der Waals surface area contributed by atoms with Gasteiger partial charge in [-0.05, 0) is 38.5 Å². The van der Waals surface area contributed by atoms with Crippen molar-refractivity contribution in [3.63, 3.8) is 0 Å². The fourth-order valence-electron chi connectivity index (χ4n) is 4.47. The second-order valence-corrected chi connectivity index (χ2v) is 8.74. The van der Waals surface area contributed by atoms with Crippen molar-refractivity contribution in [2.75, 3.05) is 26.2 Å². The Morgan fingerprint density at radius 1 is 0.970 bits per heavy atom. The molecule has 1 aliphatic heterocycles. The molecule has 2 fully saturated rings. The lowest BCUT2D eigenvalue weighted by Crippen LogP contribution is -2.57. The van der Waals surface area contributed by atoms with Gasteiger partial charge in [0.05, 0.1) is 13.1 Å². The van der Waals surface area contributed by atoms with E-state index < -0.39 is 30.2 Å². The molecule has 1 saturated carbocycles. The molecule has 184 valence electrons. The zero-order chi connectivity index (χ0) is 24.3. The Balaban J connectivity index is 1.85. The number of hydrogen-bond acceptors (Lipinski definition) is 5. The fraction of sp³-hybridized carbons (Fsp3) is 0.696. The van der Waals surface area contributed by atoms with Crippen LogP contribution in [-0.2, 0) is 19.2 Å². The van der Waals surface area contributed by atoms with Crippen LogP contribution in [0.3, 0.4) is 0 Å². The van der Waals surface area contributed by atoms with Gasteiger partial charge >= 0.3 is 6.03 Å². The molecule has 10 nitrogen and oxygen atoms in total. The Bertz CT molecular complexity index is 748. The monoisotopic (exact) mass is 463 g/mol. The molecule has 10 heteroatoms. The molecule has 0 bridgehead atoms. The van der Waals surface area contributed by atoms with E-state index in [0.29, 0.717) is 13.0 Å². The first-order valence-corrected chi connectivity index (χ1v) is 11.9. The Morgan fingerprint density at radius 2 is 1.70 bits per heavy atom. The van der Waals surface area contributed by atoms with Crippen molar-refractivity contribution in [1.82, 2.24) is 26.2 Å². The van der Waals surface area contributed by atoms with E-state index in [1.54, 1.807) is 0 Å². The highest BCUT2D eigenvalue weighted by molar-refractivity contribution is 6.37. The zero-order valence-corrected chi connectivity index (χ0v) is 19.5. The van der Waals surface area contributed by atoms with E-state index in [2.05, 4.69) is 34.8 Å². The molecule has 1 heterocycles. The van der Waals surface area contributed by atoms with E-state index in [1.807, 2.05) is 0 Å². The lowest BCUT2D eigenvalue weighted by molar-refractivity contribution is -0.142. The molecule has 0 aromatic carbocycles. The van der Waals surface area contributed by atoms with Gasteiger partial charge in [0, 0.05) is 18.6 Å². The number of ketones is 1. The smallest absolute Gasteiger partial charge is 0.315 e. The number of carbonyl (C=O) groups is 5. The molecule has 0 radical (unpaired) electrons. The first-order chi connectivity index (χ1) is 15.8. The van der Waals surface area contributed by atoms with Gasteiger partial charge in [0.25, 0.3) is 5.91 Å². The third-order valence-electron chi connectivity index (χ3n) is 6.48. The van der Waals surface area contributed by atoms with Crippen LogP contribution in [0, 0.1) is 0 Å². The van der Waals surface area contributed by atoms with Crippen LogP contribution in [0.4, 0.5) is 4.79 Å². The van der Waals surface area contributed by atoms with Crippen LogP contribution in [-0.4, -0.2) is 72.2 Å². The summed E-state index contributed by atoms with van der Waals surface area (Å²) in [5, 5.41) is 10.5. The highest BCUT2D eigenvalue weighted by Crippen LogP contribution is 2.30. The molecule has 0 spiro atoms. The standard InChI is InChI=1S/C23H37N5O5/c1-3-13-24-21(32)18(29)15-25-20(31)17-10-6-9-14-28(17)19(30)16-26-22(33)27-23(4-2)11-7-5-8-12-23/h3,17H,1,4-16H2,2H3,(H,24,32)(H,25,31)(H2,26,27,33). The Morgan fingerprint density at radius 3 is 2.36 bits per heavy atom. The van der Waals surface area contributed by atoms with Crippen LogP contribution < -0.4 is 21.3 Å². The largest absolute Gasteiger partial charge is 0.347 e. The summed E-state index contributed by atoms with van der Waals surface area (Å²) >= 11 is 0. The van der Waals surface area contributed by atoms with Gasteiger partial charge in [-0.2, -0.15) is 0 Å². The number of Topliss-reactive ketones (excluding diaryl/α,β-unsaturated/α-hetero) is 1. The van der Waals surface area contributed by atoms with Crippen molar-refractivity contribution >= 4 is 29.5 Å². The number of amides is 5. The summed E-state index contributed by atoms with van der Waals surface area (Å²) in [6.07, 6.45) is 9.46. The van der Waals surface area contributed by atoms with Gasteiger partial charge in [0.15, 0.2) is 0 Å². The van der Waals surface area contributed by atoms with E-state index >= 15 is 0 Å². The number of piperidine rings is 1. The number of nitrogens with zero attached hydrogens (tertiary/aromatic N) is 1. The van der Waals surface area contributed by atoms with E-state index in [-0.39, 0.29) is 30.6 Å². The van der Waals surface area contributed by atoms with Crippen LogP contribution in [0.5, 0.6) is 0 Å². The van der Waals surface area contributed by atoms with E-state index in [9.17, 15) is 24.0 Å². The Hall–Kier alpha value is -2.91. The Labute approximate surface area is 195 Å². The number of likely N-dealkylation sites (tertiary alicyclic amines) is 1. The summed E-state index contributed by atoms with van der Waals surface area (Å²) in [7, 11) is 0. The summed E-state index contributed by atoms with van der Waals surface area (Å²) in [6.45, 7) is 5.41. The normalized spacial score (nSPS) is 19.7. The number of carbonyl (C=O) groups excluding carboxylic acids is 5. The minimum atomic E-state index is -0.801. The number of rotatable bonds is 10. The van der Waals surface area contributed by atoms with E-state index in [1.165, 1.54) is 17.4 Å². The minimum Gasteiger partial charge on any atom is -0.347 e. The second kappa shape index (κ2) is 13.0.